The van der Waals surface area contributed by atoms with Crippen molar-refractivity contribution < 1.29 is 22.7 Å². The first-order valence-electron chi connectivity index (χ1n) is 9.47. The van der Waals surface area contributed by atoms with Gasteiger partial charge in [-0.15, -0.1) is 0 Å². The van der Waals surface area contributed by atoms with E-state index in [2.05, 4.69) is 15.3 Å². The number of pyridine rings is 2. The van der Waals surface area contributed by atoms with Gasteiger partial charge in [0.2, 0.25) is 5.95 Å². The molecule has 0 spiro atoms. The van der Waals surface area contributed by atoms with Crippen LogP contribution in [0.25, 0.3) is 11.3 Å². The summed E-state index contributed by atoms with van der Waals surface area (Å²) in [6.07, 6.45) is 4.35. The third-order valence-electron chi connectivity index (χ3n) is 4.85. The zero-order chi connectivity index (χ0) is 22.8. The Morgan fingerprint density at radius 3 is 2.55 bits per heavy atom. The first-order chi connectivity index (χ1) is 14.5. The van der Waals surface area contributed by atoms with Crippen molar-refractivity contribution in [1.82, 2.24) is 19.3 Å². The Hall–Kier alpha value is -3.27. The van der Waals surface area contributed by atoms with Gasteiger partial charge in [-0.05, 0) is 47.7 Å². The van der Waals surface area contributed by atoms with E-state index < -0.39 is 33.5 Å². The van der Waals surface area contributed by atoms with Crippen LogP contribution in [0.2, 0.25) is 0 Å². The van der Waals surface area contributed by atoms with Crippen LogP contribution in [0.1, 0.15) is 26.3 Å². The molecule has 3 aromatic heterocycles. The number of hydrogen-bond acceptors (Lipinski definition) is 5. The number of carbonyl (C=O) groups is 1. The van der Waals surface area contributed by atoms with Gasteiger partial charge in [-0.1, -0.05) is 20.8 Å². The van der Waals surface area contributed by atoms with Gasteiger partial charge in [0.25, 0.3) is 10.0 Å². The van der Waals surface area contributed by atoms with Crippen molar-refractivity contribution in [1.29, 1.82) is 0 Å². The molecule has 0 bridgehead atoms. The quantitative estimate of drug-likeness (QED) is 0.560. The number of halogens is 1. The van der Waals surface area contributed by atoms with Crippen LogP contribution in [0.3, 0.4) is 0 Å². The van der Waals surface area contributed by atoms with Gasteiger partial charge in [-0.2, -0.15) is 4.39 Å². The highest BCUT2D eigenvalue weighted by Gasteiger charge is 2.29. The largest absolute Gasteiger partial charge is 0.465 e. The average Bonchev–Trinajstić information content (AvgIpc) is 3.12. The summed E-state index contributed by atoms with van der Waals surface area (Å²) in [5, 5.41) is 11.7. The lowest BCUT2D eigenvalue weighted by molar-refractivity contribution is 0.174. The van der Waals surface area contributed by atoms with Gasteiger partial charge in [-0.25, -0.2) is 22.2 Å². The van der Waals surface area contributed by atoms with Crippen LogP contribution in [0.4, 0.5) is 9.18 Å². The van der Waals surface area contributed by atoms with Gasteiger partial charge in [0, 0.05) is 30.8 Å². The molecule has 0 radical (unpaired) electrons. The van der Waals surface area contributed by atoms with E-state index in [0.717, 1.165) is 3.97 Å². The summed E-state index contributed by atoms with van der Waals surface area (Å²) in [7, 11) is -4.09. The SMILES string of the molecule is CC(C)(C)C(Cc1cc(-c2cccnc2F)n(S(=O)(=O)c2cccnc2)c1)NC(=O)O. The second-order valence-electron chi connectivity index (χ2n) is 8.14. The highest BCUT2D eigenvalue weighted by molar-refractivity contribution is 7.90. The molecule has 0 saturated heterocycles. The Bertz CT molecular complexity index is 1190. The number of carboxylic acid groups (broad SMARTS) is 1. The lowest BCUT2D eigenvalue weighted by Gasteiger charge is -2.30. The van der Waals surface area contributed by atoms with Crippen molar-refractivity contribution in [2.24, 2.45) is 5.41 Å². The van der Waals surface area contributed by atoms with Crippen LogP contribution >= 0.6 is 0 Å². The molecule has 0 aliphatic heterocycles. The molecule has 3 rings (SSSR count). The summed E-state index contributed by atoms with van der Waals surface area (Å²) in [5.74, 6) is -0.814. The van der Waals surface area contributed by atoms with E-state index in [9.17, 15) is 22.7 Å². The van der Waals surface area contributed by atoms with Crippen molar-refractivity contribution >= 4 is 16.1 Å². The Balaban J connectivity index is 2.15. The fourth-order valence-corrected chi connectivity index (χ4v) is 4.51. The average molecular weight is 447 g/mol. The van der Waals surface area contributed by atoms with Crippen molar-refractivity contribution in [2.75, 3.05) is 0 Å². The van der Waals surface area contributed by atoms with Crippen LogP contribution in [-0.2, 0) is 16.4 Å². The topological polar surface area (TPSA) is 114 Å². The number of hydrogen-bond donors (Lipinski definition) is 2. The van der Waals surface area contributed by atoms with Gasteiger partial charge in [-0.3, -0.25) is 4.98 Å². The van der Waals surface area contributed by atoms with Crippen molar-refractivity contribution in [2.45, 2.75) is 38.1 Å². The smallest absolute Gasteiger partial charge is 0.404 e. The monoisotopic (exact) mass is 446 g/mol. The maximum Gasteiger partial charge on any atom is 0.404 e. The molecule has 1 atom stereocenters. The molecule has 31 heavy (non-hydrogen) atoms. The Labute approximate surface area is 179 Å². The summed E-state index contributed by atoms with van der Waals surface area (Å²) in [6.45, 7) is 5.62. The Kier molecular flexibility index (Phi) is 6.12. The van der Waals surface area contributed by atoms with Crippen LogP contribution < -0.4 is 5.32 Å². The fraction of sp³-hybridized carbons (Fsp3) is 0.286. The van der Waals surface area contributed by atoms with E-state index in [4.69, 9.17) is 0 Å². The van der Waals surface area contributed by atoms with Gasteiger partial charge in [0.15, 0.2) is 0 Å². The van der Waals surface area contributed by atoms with Gasteiger partial charge < -0.3 is 10.4 Å². The zero-order valence-corrected chi connectivity index (χ0v) is 18.1. The molecular formula is C21H23FN4O4S. The lowest BCUT2D eigenvalue weighted by atomic mass is 9.83. The molecule has 2 N–H and O–H groups in total. The second-order valence-corrected chi connectivity index (χ2v) is 9.95. The van der Waals surface area contributed by atoms with E-state index in [0.29, 0.717) is 5.56 Å². The first-order valence-corrected chi connectivity index (χ1v) is 10.9. The standard InChI is InChI=1S/C21H23FN4O4S/c1-21(2,3)18(25-20(27)28)11-14-10-17(16-7-5-9-24-19(16)22)26(13-14)31(29,30)15-6-4-8-23-12-15/h4-10,12-13,18,25H,11H2,1-3H3,(H,27,28). The molecule has 3 heterocycles. The normalized spacial score (nSPS) is 13.0. The van der Waals surface area contributed by atoms with Crippen molar-refractivity contribution in [3.8, 4) is 11.3 Å². The van der Waals surface area contributed by atoms with E-state index in [1.165, 1.54) is 55.1 Å². The predicted octanol–water partition coefficient (Wildman–Crippen LogP) is 3.55. The summed E-state index contributed by atoms with van der Waals surface area (Å²) < 4.78 is 42.0. The van der Waals surface area contributed by atoms with Crippen molar-refractivity contribution in [3.05, 3.63) is 66.6 Å². The third kappa shape index (κ3) is 4.91. The number of nitrogens with zero attached hydrogens (tertiary/aromatic N) is 3. The number of rotatable bonds is 6. The van der Waals surface area contributed by atoms with Gasteiger partial charge in [0.05, 0.1) is 11.3 Å². The Morgan fingerprint density at radius 2 is 1.97 bits per heavy atom. The van der Waals surface area contributed by atoms with Crippen LogP contribution in [0.15, 0.2) is 60.0 Å². The minimum atomic E-state index is -4.09. The van der Waals surface area contributed by atoms with Crippen LogP contribution in [0.5, 0.6) is 0 Å². The van der Waals surface area contributed by atoms with E-state index in [1.54, 1.807) is 0 Å². The van der Waals surface area contributed by atoms with E-state index in [1.807, 2.05) is 20.8 Å². The van der Waals surface area contributed by atoms with Crippen LogP contribution in [0, 0.1) is 11.4 Å². The van der Waals surface area contributed by atoms with E-state index >= 15 is 0 Å². The molecule has 0 fully saturated rings. The lowest BCUT2D eigenvalue weighted by Crippen LogP contribution is -2.44. The van der Waals surface area contributed by atoms with Gasteiger partial charge in [0.1, 0.15) is 4.90 Å². The summed E-state index contributed by atoms with van der Waals surface area (Å²) in [6, 6.07) is 6.87. The molecule has 0 aliphatic carbocycles. The highest BCUT2D eigenvalue weighted by Crippen LogP contribution is 2.30. The number of aromatic nitrogens is 3. The number of amides is 1. The maximum atomic E-state index is 14.5. The zero-order valence-electron chi connectivity index (χ0n) is 17.3. The third-order valence-corrected chi connectivity index (χ3v) is 6.51. The van der Waals surface area contributed by atoms with Crippen molar-refractivity contribution in [3.63, 3.8) is 0 Å². The molecule has 164 valence electrons. The minimum absolute atomic E-state index is 0.0136. The molecule has 0 saturated carbocycles. The predicted molar refractivity (Wildman–Crippen MR) is 113 cm³/mol. The summed E-state index contributed by atoms with van der Waals surface area (Å²) >= 11 is 0. The first kappa shape index (κ1) is 22.4. The molecule has 1 amide bonds. The molecule has 10 heteroatoms. The second kappa shape index (κ2) is 8.46. The highest BCUT2D eigenvalue weighted by atomic mass is 32.2. The maximum absolute atomic E-state index is 14.5. The summed E-state index contributed by atoms with van der Waals surface area (Å²) in [4.78, 5) is 18.7. The molecule has 8 nitrogen and oxygen atoms in total. The molecular weight excluding hydrogens is 423 g/mol. The van der Waals surface area contributed by atoms with Gasteiger partial charge >= 0.3 is 6.09 Å². The number of nitrogens with one attached hydrogen (secondary N) is 1. The minimum Gasteiger partial charge on any atom is -0.465 e. The molecule has 0 aliphatic rings. The molecule has 0 aromatic carbocycles. The van der Waals surface area contributed by atoms with E-state index in [-0.39, 0.29) is 22.6 Å². The molecule has 3 aromatic rings. The fourth-order valence-electron chi connectivity index (χ4n) is 3.15. The molecule has 1 unspecified atom stereocenters. The Morgan fingerprint density at radius 1 is 1.26 bits per heavy atom. The van der Waals surface area contributed by atoms with Crippen LogP contribution in [-0.4, -0.2) is 39.6 Å². The summed E-state index contributed by atoms with van der Waals surface area (Å²) in [5.41, 5.74) is 0.189.